The quantitative estimate of drug-likeness (QED) is 0.777. The summed E-state index contributed by atoms with van der Waals surface area (Å²) < 4.78 is 12.0. The van der Waals surface area contributed by atoms with Crippen LogP contribution in [-0.2, 0) is 9.47 Å². The molecule has 0 amide bonds. The zero-order chi connectivity index (χ0) is 13.0. The monoisotopic (exact) mass is 265 g/mol. The standard InChI is InChI=1S/C16H27NO2/c1-3-7-15(8-4-1)18-13-11-17-12-14-19-16(17)9-5-2-6-10-16/h7H,1-6,8-14H2. The molecule has 0 N–H and O–H groups in total. The van der Waals surface area contributed by atoms with Gasteiger partial charge in [0.2, 0.25) is 0 Å². The minimum atomic E-state index is 0.0720. The second kappa shape index (κ2) is 6.27. The topological polar surface area (TPSA) is 21.7 Å². The van der Waals surface area contributed by atoms with Crippen molar-refractivity contribution in [1.82, 2.24) is 4.90 Å². The molecule has 1 saturated heterocycles. The molecular weight excluding hydrogens is 238 g/mol. The van der Waals surface area contributed by atoms with E-state index < -0.39 is 0 Å². The van der Waals surface area contributed by atoms with Gasteiger partial charge in [0.05, 0.1) is 12.4 Å². The Morgan fingerprint density at radius 2 is 2.05 bits per heavy atom. The molecule has 3 aliphatic rings. The van der Waals surface area contributed by atoms with Gasteiger partial charge in [0.15, 0.2) is 0 Å². The zero-order valence-corrected chi connectivity index (χ0v) is 12.0. The second-order valence-corrected chi connectivity index (χ2v) is 6.11. The number of rotatable bonds is 4. The molecule has 1 saturated carbocycles. The number of hydrogen-bond acceptors (Lipinski definition) is 3. The summed E-state index contributed by atoms with van der Waals surface area (Å²) >= 11 is 0. The molecule has 3 nitrogen and oxygen atoms in total. The third-order valence-corrected chi connectivity index (χ3v) is 4.84. The lowest BCUT2D eigenvalue weighted by Crippen LogP contribution is -2.47. The van der Waals surface area contributed by atoms with Crippen molar-refractivity contribution in [2.75, 3.05) is 26.3 Å². The molecule has 1 spiro atoms. The summed E-state index contributed by atoms with van der Waals surface area (Å²) in [6, 6.07) is 0. The average Bonchev–Trinajstić information content (AvgIpc) is 2.83. The van der Waals surface area contributed by atoms with E-state index in [1.54, 1.807) is 0 Å². The first-order valence-corrected chi connectivity index (χ1v) is 8.10. The van der Waals surface area contributed by atoms with Crippen LogP contribution in [0.1, 0.15) is 57.8 Å². The Kier molecular flexibility index (Phi) is 4.44. The lowest BCUT2D eigenvalue weighted by atomic mass is 9.91. The van der Waals surface area contributed by atoms with Crippen LogP contribution in [0.15, 0.2) is 11.8 Å². The van der Waals surface area contributed by atoms with Crippen LogP contribution in [0.4, 0.5) is 0 Å². The van der Waals surface area contributed by atoms with Gasteiger partial charge in [0.1, 0.15) is 12.3 Å². The number of allylic oxidation sites excluding steroid dienone is 2. The molecule has 3 heteroatoms. The van der Waals surface area contributed by atoms with E-state index in [0.717, 1.165) is 32.7 Å². The molecular formula is C16H27NO2. The summed E-state index contributed by atoms with van der Waals surface area (Å²) in [6.07, 6.45) is 13.7. The first-order valence-electron chi connectivity index (χ1n) is 8.10. The highest BCUT2D eigenvalue weighted by Crippen LogP contribution is 2.37. The van der Waals surface area contributed by atoms with Crippen molar-refractivity contribution in [3.05, 3.63) is 11.8 Å². The Balaban J connectivity index is 1.47. The first-order chi connectivity index (χ1) is 9.39. The van der Waals surface area contributed by atoms with Crippen LogP contribution >= 0.6 is 0 Å². The summed E-state index contributed by atoms with van der Waals surface area (Å²) in [5.74, 6) is 1.23. The van der Waals surface area contributed by atoms with Crippen molar-refractivity contribution in [3.8, 4) is 0 Å². The second-order valence-electron chi connectivity index (χ2n) is 6.11. The predicted octanol–water partition coefficient (Wildman–Crippen LogP) is 3.45. The van der Waals surface area contributed by atoms with Crippen LogP contribution in [0.3, 0.4) is 0 Å². The van der Waals surface area contributed by atoms with Crippen molar-refractivity contribution in [1.29, 1.82) is 0 Å². The molecule has 1 heterocycles. The third-order valence-electron chi connectivity index (χ3n) is 4.84. The summed E-state index contributed by atoms with van der Waals surface area (Å²) in [5.41, 5.74) is 0.0720. The molecule has 1 aliphatic heterocycles. The summed E-state index contributed by atoms with van der Waals surface area (Å²) in [7, 11) is 0. The smallest absolute Gasteiger partial charge is 0.121 e. The highest BCUT2D eigenvalue weighted by Gasteiger charge is 2.42. The fourth-order valence-corrected chi connectivity index (χ4v) is 3.75. The number of ether oxygens (including phenoxy) is 2. The van der Waals surface area contributed by atoms with Gasteiger partial charge >= 0.3 is 0 Å². The Morgan fingerprint density at radius 3 is 2.84 bits per heavy atom. The number of nitrogens with zero attached hydrogens (tertiary/aromatic N) is 1. The molecule has 0 atom stereocenters. The lowest BCUT2D eigenvalue weighted by molar-refractivity contribution is -0.110. The summed E-state index contributed by atoms with van der Waals surface area (Å²) in [6.45, 7) is 3.85. The van der Waals surface area contributed by atoms with Gasteiger partial charge in [-0.15, -0.1) is 0 Å². The average molecular weight is 265 g/mol. The van der Waals surface area contributed by atoms with Gasteiger partial charge in [-0.3, -0.25) is 4.90 Å². The van der Waals surface area contributed by atoms with Crippen molar-refractivity contribution in [2.45, 2.75) is 63.5 Å². The first kappa shape index (κ1) is 13.4. The maximum absolute atomic E-state index is 6.09. The molecule has 0 aromatic heterocycles. The SMILES string of the molecule is C1=C(OCCN2CCOC23CCCCC3)CCCC1. The van der Waals surface area contributed by atoms with Crippen LogP contribution < -0.4 is 0 Å². The van der Waals surface area contributed by atoms with Gasteiger partial charge in [-0.2, -0.15) is 0 Å². The van der Waals surface area contributed by atoms with Crippen LogP contribution in [0.25, 0.3) is 0 Å². The number of hydrogen-bond donors (Lipinski definition) is 0. The molecule has 108 valence electrons. The van der Waals surface area contributed by atoms with Crippen LogP contribution in [0, 0.1) is 0 Å². The Morgan fingerprint density at radius 1 is 1.16 bits per heavy atom. The fraction of sp³-hybridized carbons (Fsp3) is 0.875. The molecule has 0 unspecified atom stereocenters. The fourth-order valence-electron chi connectivity index (χ4n) is 3.75. The van der Waals surface area contributed by atoms with Crippen molar-refractivity contribution in [3.63, 3.8) is 0 Å². The van der Waals surface area contributed by atoms with Crippen LogP contribution in [-0.4, -0.2) is 36.9 Å². The van der Waals surface area contributed by atoms with Crippen LogP contribution in [0.2, 0.25) is 0 Å². The van der Waals surface area contributed by atoms with E-state index in [1.807, 2.05) is 0 Å². The molecule has 0 bridgehead atoms. The molecule has 2 aliphatic carbocycles. The molecule has 2 fully saturated rings. The summed E-state index contributed by atoms with van der Waals surface area (Å²) in [4.78, 5) is 2.54. The Bertz CT molecular complexity index is 321. The molecule has 0 radical (unpaired) electrons. The minimum absolute atomic E-state index is 0.0720. The van der Waals surface area contributed by atoms with Gasteiger partial charge < -0.3 is 9.47 Å². The van der Waals surface area contributed by atoms with Crippen molar-refractivity contribution < 1.29 is 9.47 Å². The van der Waals surface area contributed by atoms with Gasteiger partial charge in [-0.05, 0) is 51.0 Å². The summed E-state index contributed by atoms with van der Waals surface area (Å²) in [5, 5.41) is 0. The Hall–Kier alpha value is -0.540. The maximum Gasteiger partial charge on any atom is 0.121 e. The Labute approximate surface area is 116 Å². The van der Waals surface area contributed by atoms with E-state index in [9.17, 15) is 0 Å². The van der Waals surface area contributed by atoms with E-state index in [0.29, 0.717) is 0 Å². The molecule has 0 aromatic rings. The molecule has 3 rings (SSSR count). The minimum Gasteiger partial charge on any atom is -0.497 e. The van der Waals surface area contributed by atoms with Gasteiger partial charge in [-0.1, -0.05) is 6.42 Å². The molecule has 0 aromatic carbocycles. The highest BCUT2D eigenvalue weighted by atomic mass is 16.5. The van der Waals surface area contributed by atoms with Crippen molar-refractivity contribution in [2.24, 2.45) is 0 Å². The van der Waals surface area contributed by atoms with Gasteiger partial charge in [0.25, 0.3) is 0 Å². The highest BCUT2D eigenvalue weighted by molar-refractivity contribution is 4.97. The van der Waals surface area contributed by atoms with E-state index in [4.69, 9.17) is 9.47 Å². The normalized spacial score (nSPS) is 27.5. The zero-order valence-electron chi connectivity index (χ0n) is 12.0. The van der Waals surface area contributed by atoms with Crippen molar-refractivity contribution >= 4 is 0 Å². The lowest BCUT2D eigenvalue weighted by Gasteiger charge is -2.40. The van der Waals surface area contributed by atoms with E-state index in [-0.39, 0.29) is 5.72 Å². The van der Waals surface area contributed by atoms with E-state index >= 15 is 0 Å². The van der Waals surface area contributed by atoms with Gasteiger partial charge in [0, 0.05) is 19.5 Å². The van der Waals surface area contributed by atoms with E-state index in [1.165, 1.54) is 57.1 Å². The predicted molar refractivity (Wildman–Crippen MR) is 75.8 cm³/mol. The maximum atomic E-state index is 6.09. The van der Waals surface area contributed by atoms with Crippen LogP contribution in [0.5, 0.6) is 0 Å². The largest absolute Gasteiger partial charge is 0.497 e. The van der Waals surface area contributed by atoms with E-state index in [2.05, 4.69) is 11.0 Å². The molecule has 19 heavy (non-hydrogen) atoms. The van der Waals surface area contributed by atoms with Gasteiger partial charge in [-0.25, -0.2) is 0 Å². The third kappa shape index (κ3) is 3.14.